The predicted octanol–water partition coefficient (Wildman–Crippen LogP) is 2.21. The minimum atomic E-state index is 0.427. The number of rotatable bonds is 1. The van der Waals surface area contributed by atoms with Crippen LogP contribution in [0.1, 0.15) is 0 Å². The van der Waals surface area contributed by atoms with Crippen LogP contribution >= 0.6 is 0 Å². The van der Waals surface area contributed by atoms with Gasteiger partial charge < -0.3 is 10.7 Å². The van der Waals surface area contributed by atoms with Crippen molar-refractivity contribution < 1.29 is 0 Å². The lowest BCUT2D eigenvalue weighted by Crippen LogP contribution is -1.93. The molecule has 0 radical (unpaired) electrons. The van der Waals surface area contributed by atoms with Gasteiger partial charge in [-0.25, -0.2) is 4.98 Å². The van der Waals surface area contributed by atoms with Crippen molar-refractivity contribution in [3.63, 3.8) is 0 Å². The maximum atomic E-state index is 5.60. The first kappa shape index (κ1) is 8.91. The standard InChI is InChI=1S/C12H10N4/c13-12-7-14-6-11(16-12)10-5-8-3-1-2-4-9(8)15-10/h1-7,15H,(H2,13,16). The summed E-state index contributed by atoms with van der Waals surface area (Å²) in [6, 6.07) is 10.1. The number of anilines is 1. The van der Waals surface area contributed by atoms with Crippen molar-refractivity contribution in [3.8, 4) is 11.4 Å². The largest absolute Gasteiger partial charge is 0.382 e. The highest BCUT2D eigenvalue weighted by atomic mass is 14.9. The van der Waals surface area contributed by atoms with Gasteiger partial charge in [0.05, 0.1) is 18.1 Å². The second-order valence-corrected chi connectivity index (χ2v) is 3.60. The number of nitrogens with zero attached hydrogens (tertiary/aromatic N) is 2. The van der Waals surface area contributed by atoms with E-state index in [4.69, 9.17) is 5.73 Å². The molecular weight excluding hydrogens is 200 g/mol. The second kappa shape index (κ2) is 3.34. The van der Waals surface area contributed by atoms with E-state index in [1.165, 1.54) is 6.20 Å². The van der Waals surface area contributed by atoms with Crippen molar-refractivity contribution >= 4 is 16.7 Å². The highest BCUT2D eigenvalue weighted by Gasteiger charge is 2.04. The molecule has 0 fully saturated rings. The second-order valence-electron chi connectivity index (χ2n) is 3.60. The summed E-state index contributed by atoms with van der Waals surface area (Å²) in [5, 5.41) is 1.15. The third kappa shape index (κ3) is 1.40. The van der Waals surface area contributed by atoms with Crippen LogP contribution in [-0.2, 0) is 0 Å². The van der Waals surface area contributed by atoms with Crippen molar-refractivity contribution in [2.45, 2.75) is 0 Å². The molecule has 16 heavy (non-hydrogen) atoms. The zero-order valence-electron chi connectivity index (χ0n) is 8.51. The lowest BCUT2D eigenvalue weighted by atomic mass is 10.2. The number of H-pyrrole nitrogens is 1. The van der Waals surface area contributed by atoms with Crippen molar-refractivity contribution in [3.05, 3.63) is 42.7 Å². The molecule has 0 atom stereocenters. The van der Waals surface area contributed by atoms with Gasteiger partial charge in [-0.2, -0.15) is 0 Å². The van der Waals surface area contributed by atoms with Crippen LogP contribution in [0.5, 0.6) is 0 Å². The fourth-order valence-corrected chi connectivity index (χ4v) is 1.72. The number of hydrogen-bond acceptors (Lipinski definition) is 3. The van der Waals surface area contributed by atoms with Gasteiger partial charge in [0.2, 0.25) is 0 Å². The van der Waals surface area contributed by atoms with E-state index in [-0.39, 0.29) is 0 Å². The number of aromatic amines is 1. The molecule has 0 amide bonds. The van der Waals surface area contributed by atoms with Crippen molar-refractivity contribution in [1.82, 2.24) is 15.0 Å². The van der Waals surface area contributed by atoms with Gasteiger partial charge in [-0.15, -0.1) is 0 Å². The summed E-state index contributed by atoms with van der Waals surface area (Å²) in [5.41, 5.74) is 8.38. The van der Waals surface area contributed by atoms with E-state index in [2.05, 4.69) is 21.0 Å². The van der Waals surface area contributed by atoms with Crippen LogP contribution in [0.4, 0.5) is 5.82 Å². The molecule has 0 saturated carbocycles. The van der Waals surface area contributed by atoms with Gasteiger partial charge in [0.1, 0.15) is 11.5 Å². The third-order valence-corrected chi connectivity index (χ3v) is 2.46. The third-order valence-electron chi connectivity index (χ3n) is 2.46. The molecule has 0 aliphatic rings. The van der Waals surface area contributed by atoms with Crippen LogP contribution in [0.2, 0.25) is 0 Å². The summed E-state index contributed by atoms with van der Waals surface area (Å²) in [5.74, 6) is 0.427. The Bertz CT molecular complexity index is 609. The minimum Gasteiger partial charge on any atom is -0.382 e. The van der Waals surface area contributed by atoms with Gasteiger partial charge in [-0.1, -0.05) is 18.2 Å². The van der Waals surface area contributed by atoms with Gasteiger partial charge in [0.25, 0.3) is 0 Å². The Morgan fingerprint density at radius 1 is 1.12 bits per heavy atom. The molecule has 3 N–H and O–H groups in total. The number of fused-ring (bicyclic) bond motifs is 1. The molecular formula is C12H10N4. The first-order chi connectivity index (χ1) is 7.83. The molecule has 2 aromatic heterocycles. The zero-order chi connectivity index (χ0) is 11.0. The Morgan fingerprint density at radius 3 is 2.81 bits per heavy atom. The van der Waals surface area contributed by atoms with Crippen LogP contribution < -0.4 is 5.73 Å². The Balaban J connectivity index is 2.19. The molecule has 1 aromatic carbocycles. The predicted molar refractivity (Wildman–Crippen MR) is 63.7 cm³/mol. The molecule has 0 saturated heterocycles. The van der Waals surface area contributed by atoms with E-state index in [9.17, 15) is 0 Å². The van der Waals surface area contributed by atoms with Crippen molar-refractivity contribution in [2.75, 3.05) is 5.73 Å². The van der Waals surface area contributed by atoms with Gasteiger partial charge in [0.15, 0.2) is 0 Å². The van der Waals surface area contributed by atoms with E-state index < -0.39 is 0 Å². The lowest BCUT2D eigenvalue weighted by molar-refractivity contribution is 1.20. The number of nitrogen functional groups attached to an aromatic ring is 1. The minimum absolute atomic E-state index is 0.427. The van der Waals surface area contributed by atoms with E-state index in [0.29, 0.717) is 5.82 Å². The summed E-state index contributed by atoms with van der Waals surface area (Å²) in [6.45, 7) is 0. The monoisotopic (exact) mass is 210 g/mol. The molecule has 4 heteroatoms. The maximum Gasteiger partial charge on any atom is 0.142 e. The maximum absolute atomic E-state index is 5.60. The van der Waals surface area contributed by atoms with Crippen LogP contribution in [0, 0.1) is 0 Å². The summed E-state index contributed by atoms with van der Waals surface area (Å²) in [6.07, 6.45) is 3.23. The summed E-state index contributed by atoms with van der Waals surface area (Å²) < 4.78 is 0. The van der Waals surface area contributed by atoms with Crippen molar-refractivity contribution in [1.29, 1.82) is 0 Å². The lowest BCUT2D eigenvalue weighted by Gasteiger charge is -1.96. The number of hydrogen-bond donors (Lipinski definition) is 2. The van der Waals surface area contributed by atoms with E-state index in [1.54, 1.807) is 6.20 Å². The van der Waals surface area contributed by atoms with Gasteiger partial charge in [0, 0.05) is 10.9 Å². The van der Waals surface area contributed by atoms with E-state index in [1.807, 2.05) is 24.3 Å². The number of para-hydroxylation sites is 1. The van der Waals surface area contributed by atoms with Gasteiger partial charge in [-0.05, 0) is 12.1 Å². The Labute approximate surface area is 92.2 Å². The quantitative estimate of drug-likeness (QED) is 0.647. The fourth-order valence-electron chi connectivity index (χ4n) is 1.72. The molecule has 0 aliphatic heterocycles. The highest BCUT2D eigenvalue weighted by molar-refractivity contribution is 5.85. The van der Waals surface area contributed by atoms with Crippen LogP contribution in [0.25, 0.3) is 22.3 Å². The topological polar surface area (TPSA) is 67.6 Å². The number of benzene rings is 1. The Hall–Kier alpha value is -2.36. The van der Waals surface area contributed by atoms with Crippen LogP contribution in [-0.4, -0.2) is 15.0 Å². The SMILES string of the molecule is Nc1cncc(-c2cc3ccccc3[nH]2)n1. The van der Waals surface area contributed by atoms with E-state index >= 15 is 0 Å². The van der Waals surface area contributed by atoms with E-state index in [0.717, 1.165) is 22.3 Å². The summed E-state index contributed by atoms with van der Waals surface area (Å²) in [4.78, 5) is 11.5. The smallest absolute Gasteiger partial charge is 0.142 e. The Morgan fingerprint density at radius 2 is 2.00 bits per heavy atom. The van der Waals surface area contributed by atoms with Gasteiger partial charge in [-0.3, -0.25) is 4.98 Å². The van der Waals surface area contributed by atoms with Gasteiger partial charge >= 0.3 is 0 Å². The molecule has 3 aromatic rings. The highest BCUT2D eigenvalue weighted by Crippen LogP contribution is 2.22. The molecule has 4 nitrogen and oxygen atoms in total. The average molecular weight is 210 g/mol. The first-order valence-electron chi connectivity index (χ1n) is 4.98. The molecule has 78 valence electrons. The Kier molecular flexibility index (Phi) is 1.86. The molecule has 0 unspecified atom stereocenters. The first-order valence-corrected chi connectivity index (χ1v) is 4.98. The van der Waals surface area contributed by atoms with Crippen molar-refractivity contribution in [2.24, 2.45) is 0 Å². The van der Waals surface area contributed by atoms with Crippen LogP contribution in [0.3, 0.4) is 0 Å². The molecule has 0 bridgehead atoms. The van der Waals surface area contributed by atoms with Crippen LogP contribution in [0.15, 0.2) is 42.7 Å². The number of nitrogens with two attached hydrogens (primary N) is 1. The molecule has 2 heterocycles. The summed E-state index contributed by atoms with van der Waals surface area (Å²) >= 11 is 0. The fraction of sp³-hybridized carbons (Fsp3) is 0. The molecule has 0 aliphatic carbocycles. The molecule has 0 spiro atoms. The molecule has 3 rings (SSSR count). The number of aromatic nitrogens is 3. The average Bonchev–Trinajstić information content (AvgIpc) is 2.72. The normalized spacial score (nSPS) is 10.8. The zero-order valence-corrected chi connectivity index (χ0v) is 8.51. The number of nitrogens with one attached hydrogen (secondary N) is 1. The summed E-state index contributed by atoms with van der Waals surface area (Å²) in [7, 11) is 0.